The second kappa shape index (κ2) is 11.7. The molecule has 5 N–H and O–H groups in total. The smallest absolute Gasteiger partial charge is 0.252 e. The van der Waals surface area contributed by atoms with Gasteiger partial charge in [0.25, 0.3) is 5.91 Å². The summed E-state index contributed by atoms with van der Waals surface area (Å²) < 4.78 is 26.4. The van der Waals surface area contributed by atoms with Crippen LogP contribution < -0.4 is 11.1 Å². The first-order valence-electron chi connectivity index (χ1n) is 11.3. The zero-order valence-corrected chi connectivity index (χ0v) is 20.9. The Morgan fingerprint density at radius 3 is 2.40 bits per heavy atom. The standard InChI is InChI=1S/C26H29ClN2O5S/c1-2-4-19-14-22(15-23(25(19)31)26(28)32)35(33,34)21-9-7-17(8-10-21)11-12-29-16-24(30)18-5-3-6-20(27)13-18/h3,5-10,13-15,24,29-31H,2,4,11-12,16H2,1H3,(H2,28,32)/t24-/m1/s1. The summed E-state index contributed by atoms with van der Waals surface area (Å²) in [5, 5.41) is 24.3. The van der Waals surface area contributed by atoms with Crippen LogP contribution in [0.2, 0.25) is 5.02 Å². The molecule has 1 atom stereocenters. The summed E-state index contributed by atoms with van der Waals surface area (Å²) in [7, 11) is -3.92. The number of benzene rings is 3. The maximum Gasteiger partial charge on any atom is 0.252 e. The Bertz CT molecular complexity index is 1290. The van der Waals surface area contributed by atoms with Crippen molar-refractivity contribution in [2.45, 2.75) is 42.1 Å². The number of carbonyl (C=O) groups excluding carboxylic acids is 1. The first-order chi connectivity index (χ1) is 16.6. The van der Waals surface area contributed by atoms with Crippen molar-refractivity contribution in [2.24, 2.45) is 5.73 Å². The van der Waals surface area contributed by atoms with Gasteiger partial charge >= 0.3 is 0 Å². The molecule has 9 heteroatoms. The zero-order valence-electron chi connectivity index (χ0n) is 19.4. The number of sulfone groups is 1. The van der Waals surface area contributed by atoms with E-state index >= 15 is 0 Å². The maximum atomic E-state index is 13.2. The van der Waals surface area contributed by atoms with E-state index in [1.54, 1.807) is 30.3 Å². The van der Waals surface area contributed by atoms with Crippen molar-refractivity contribution in [3.8, 4) is 5.75 Å². The third-order valence-corrected chi connectivity index (χ3v) is 7.64. The molecule has 0 radical (unpaired) electrons. The largest absolute Gasteiger partial charge is 0.507 e. The third kappa shape index (κ3) is 6.61. The highest BCUT2D eigenvalue weighted by molar-refractivity contribution is 7.91. The molecule has 3 aromatic carbocycles. The first kappa shape index (κ1) is 26.7. The molecule has 0 spiro atoms. The Balaban J connectivity index is 1.67. The zero-order chi connectivity index (χ0) is 25.6. The quantitative estimate of drug-likeness (QED) is 0.287. The van der Waals surface area contributed by atoms with Gasteiger partial charge in [0.05, 0.1) is 21.5 Å². The number of aliphatic hydroxyl groups is 1. The molecular formula is C26H29ClN2O5S. The molecule has 0 fully saturated rings. The number of hydrogen-bond donors (Lipinski definition) is 4. The lowest BCUT2D eigenvalue weighted by atomic mass is 10.0. The van der Waals surface area contributed by atoms with E-state index in [9.17, 15) is 23.4 Å². The number of amides is 1. The molecule has 3 aromatic rings. The van der Waals surface area contributed by atoms with Crippen molar-refractivity contribution in [1.82, 2.24) is 5.32 Å². The Kier molecular flexibility index (Phi) is 8.91. The molecule has 35 heavy (non-hydrogen) atoms. The lowest BCUT2D eigenvalue weighted by Crippen LogP contribution is -2.23. The molecule has 7 nitrogen and oxygen atoms in total. The number of nitrogens with two attached hydrogens (primary N) is 1. The van der Waals surface area contributed by atoms with Gasteiger partial charge in [0.1, 0.15) is 5.75 Å². The Morgan fingerprint density at radius 2 is 1.77 bits per heavy atom. The van der Waals surface area contributed by atoms with E-state index in [-0.39, 0.29) is 21.1 Å². The molecule has 0 aliphatic rings. The van der Waals surface area contributed by atoms with Crippen LogP contribution in [0.15, 0.2) is 70.5 Å². The molecule has 0 heterocycles. The second-order valence-corrected chi connectivity index (χ2v) is 10.7. The fourth-order valence-corrected chi connectivity index (χ4v) is 5.28. The first-order valence-corrected chi connectivity index (χ1v) is 13.1. The number of primary amides is 1. The van der Waals surface area contributed by atoms with Crippen molar-refractivity contribution in [3.63, 3.8) is 0 Å². The SMILES string of the molecule is CCCc1cc(S(=O)(=O)c2ccc(CCNC[C@@H](O)c3cccc(Cl)c3)cc2)cc(C(N)=O)c1O. The summed E-state index contributed by atoms with van der Waals surface area (Å²) in [5.41, 5.74) is 7.15. The molecule has 0 saturated carbocycles. The molecule has 0 aromatic heterocycles. The van der Waals surface area contributed by atoms with E-state index in [1.807, 2.05) is 13.0 Å². The summed E-state index contributed by atoms with van der Waals surface area (Å²) in [6, 6.07) is 16.1. The van der Waals surface area contributed by atoms with E-state index in [0.717, 1.165) is 17.2 Å². The molecule has 1 amide bonds. The number of halogens is 1. The van der Waals surface area contributed by atoms with E-state index < -0.39 is 21.8 Å². The molecule has 0 bridgehead atoms. The number of carbonyl (C=O) groups is 1. The highest BCUT2D eigenvalue weighted by atomic mass is 35.5. The van der Waals surface area contributed by atoms with Gasteiger partial charge < -0.3 is 21.3 Å². The van der Waals surface area contributed by atoms with Crippen molar-refractivity contribution in [2.75, 3.05) is 13.1 Å². The highest BCUT2D eigenvalue weighted by Crippen LogP contribution is 2.31. The van der Waals surface area contributed by atoms with Gasteiger partial charge in [-0.05, 0) is 72.5 Å². The molecule has 0 saturated heterocycles. The predicted octanol–water partition coefficient (Wildman–Crippen LogP) is 3.80. The van der Waals surface area contributed by atoms with Gasteiger partial charge in [-0.25, -0.2) is 8.42 Å². The lowest BCUT2D eigenvalue weighted by Gasteiger charge is -2.13. The van der Waals surface area contributed by atoms with Crippen LogP contribution in [0, 0.1) is 0 Å². The van der Waals surface area contributed by atoms with Crippen LogP contribution in [0.1, 0.15) is 46.5 Å². The van der Waals surface area contributed by atoms with Gasteiger partial charge in [-0.1, -0.05) is 49.2 Å². The molecule has 3 rings (SSSR count). The maximum absolute atomic E-state index is 13.2. The van der Waals surface area contributed by atoms with Crippen molar-refractivity contribution in [1.29, 1.82) is 0 Å². The number of hydrogen-bond acceptors (Lipinski definition) is 6. The molecule has 0 aliphatic carbocycles. The van der Waals surface area contributed by atoms with Crippen LogP contribution in [0.4, 0.5) is 0 Å². The number of rotatable bonds is 11. The number of nitrogens with one attached hydrogen (secondary N) is 1. The van der Waals surface area contributed by atoms with Gasteiger partial charge in [0.2, 0.25) is 9.84 Å². The van der Waals surface area contributed by atoms with Crippen LogP contribution >= 0.6 is 11.6 Å². The third-order valence-electron chi connectivity index (χ3n) is 5.65. The van der Waals surface area contributed by atoms with E-state index in [0.29, 0.717) is 42.9 Å². The minimum absolute atomic E-state index is 0.0779. The van der Waals surface area contributed by atoms with E-state index in [1.165, 1.54) is 18.2 Å². The monoisotopic (exact) mass is 516 g/mol. The van der Waals surface area contributed by atoms with Gasteiger partial charge in [0, 0.05) is 11.6 Å². The fraction of sp³-hybridized carbons (Fsp3) is 0.269. The predicted molar refractivity (Wildman–Crippen MR) is 135 cm³/mol. The lowest BCUT2D eigenvalue weighted by molar-refractivity contribution is 0.0997. The van der Waals surface area contributed by atoms with Gasteiger partial charge in [0.15, 0.2) is 0 Å². The van der Waals surface area contributed by atoms with Crippen molar-refractivity contribution in [3.05, 3.63) is 87.9 Å². The molecule has 0 aliphatic heterocycles. The Hall–Kier alpha value is -2.91. The summed E-state index contributed by atoms with van der Waals surface area (Å²) in [4.78, 5) is 11.7. The van der Waals surface area contributed by atoms with Crippen LogP contribution in [0.25, 0.3) is 0 Å². The number of phenols is 1. The van der Waals surface area contributed by atoms with Gasteiger partial charge in [-0.15, -0.1) is 0 Å². The summed E-state index contributed by atoms with van der Waals surface area (Å²) >= 11 is 5.96. The molecule has 186 valence electrons. The second-order valence-electron chi connectivity index (χ2n) is 8.27. The summed E-state index contributed by atoms with van der Waals surface area (Å²) in [6.45, 7) is 2.83. The number of aryl methyl sites for hydroxylation is 1. The van der Waals surface area contributed by atoms with Crippen molar-refractivity contribution >= 4 is 27.3 Å². The van der Waals surface area contributed by atoms with Gasteiger partial charge in [-0.3, -0.25) is 4.79 Å². The number of aromatic hydroxyl groups is 1. The normalized spacial score (nSPS) is 12.4. The average molecular weight is 517 g/mol. The molecular weight excluding hydrogens is 488 g/mol. The summed E-state index contributed by atoms with van der Waals surface area (Å²) in [5.74, 6) is -1.16. The van der Waals surface area contributed by atoms with E-state index in [2.05, 4.69) is 5.32 Å². The topological polar surface area (TPSA) is 130 Å². The average Bonchev–Trinajstić information content (AvgIpc) is 2.83. The van der Waals surface area contributed by atoms with Crippen LogP contribution in [0.3, 0.4) is 0 Å². The van der Waals surface area contributed by atoms with Crippen LogP contribution in [-0.4, -0.2) is 37.6 Å². The van der Waals surface area contributed by atoms with Crippen LogP contribution in [-0.2, 0) is 22.7 Å². The highest BCUT2D eigenvalue weighted by Gasteiger charge is 2.23. The minimum Gasteiger partial charge on any atom is -0.507 e. The van der Waals surface area contributed by atoms with Crippen molar-refractivity contribution < 1.29 is 23.4 Å². The molecule has 0 unspecified atom stereocenters. The minimum atomic E-state index is -3.92. The fourth-order valence-electron chi connectivity index (χ4n) is 3.74. The Morgan fingerprint density at radius 1 is 1.06 bits per heavy atom. The Labute approximate surface area is 210 Å². The van der Waals surface area contributed by atoms with E-state index in [4.69, 9.17) is 17.3 Å². The van der Waals surface area contributed by atoms with Gasteiger partial charge in [-0.2, -0.15) is 0 Å². The number of aliphatic hydroxyl groups excluding tert-OH is 1. The summed E-state index contributed by atoms with van der Waals surface area (Å²) in [6.07, 6.45) is 1.02. The van der Waals surface area contributed by atoms with Crippen LogP contribution in [0.5, 0.6) is 5.75 Å².